The number of carbonyl (C=O) groups excluding carboxylic acids is 1. The summed E-state index contributed by atoms with van der Waals surface area (Å²) in [6, 6.07) is 10.7. The van der Waals surface area contributed by atoms with Crippen LogP contribution in [0.1, 0.15) is 27.7 Å². The molecule has 3 nitrogen and oxygen atoms in total. The van der Waals surface area contributed by atoms with E-state index in [1.165, 1.54) is 21.6 Å². The molecule has 22 heavy (non-hydrogen) atoms. The maximum absolute atomic E-state index is 12.8. The van der Waals surface area contributed by atoms with Crippen molar-refractivity contribution < 1.29 is 9.53 Å². The van der Waals surface area contributed by atoms with Crippen LogP contribution in [0, 0.1) is 0 Å². The lowest BCUT2D eigenvalue weighted by atomic mass is 9.91. The van der Waals surface area contributed by atoms with Crippen LogP contribution < -0.4 is 0 Å². The van der Waals surface area contributed by atoms with Crippen molar-refractivity contribution in [1.29, 1.82) is 0 Å². The summed E-state index contributed by atoms with van der Waals surface area (Å²) >= 11 is 1.65. The fraction of sp³-hybridized carbons (Fsp3) is 0.389. The summed E-state index contributed by atoms with van der Waals surface area (Å²) < 4.78 is 5.53. The van der Waals surface area contributed by atoms with E-state index in [0.717, 1.165) is 17.7 Å². The van der Waals surface area contributed by atoms with Gasteiger partial charge >= 0.3 is 0 Å². The van der Waals surface area contributed by atoms with Gasteiger partial charge in [0.15, 0.2) is 0 Å². The highest BCUT2D eigenvalue weighted by Gasteiger charge is 2.26. The van der Waals surface area contributed by atoms with Crippen molar-refractivity contribution in [1.82, 2.24) is 4.90 Å². The number of thiophene rings is 1. The number of rotatable bonds is 1. The van der Waals surface area contributed by atoms with Crippen molar-refractivity contribution in [3.8, 4) is 10.4 Å². The number of hydrogen-bond acceptors (Lipinski definition) is 3. The molecule has 1 unspecified atom stereocenters. The summed E-state index contributed by atoms with van der Waals surface area (Å²) in [5, 5.41) is 0. The maximum atomic E-state index is 12.8. The van der Waals surface area contributed by atoms with Gasteiger partial charge in [0.1, 0.15) is 0 Å². The molecule has 2 heterocycles. The second kappa shape index (κ2) is 5.52. The Bertz CT molecular complexity index is 722. The number of ether oxygens (including phenoxy) is 1. The molecule has 114 valence electrons. The monoisotopic (exact) mass is 313 g/mol. The summed E-state index contributed by atoms with van der Waals surface area (Å²) in [5.74, 6) is 0.159. The van der Waals surface area contributed by atoms with Gasteiger partial charge in [0.05, 0.1) is 17.6 Å². The van der Waals surface area contributed by atoms with Gasteiger partial charge < -0.3 is 9.64 Å². The van der Waals surface area contributed by atoms with Gasteiger partial charge in [-0.1, -0.05) is 24.3 Å². The van der Waals surface area contributed by atoms with Crippen LogP contribution in [0.3, 0.4) is 0 Å². The first-order valence-corrected chi connectivity index (χ1v) is 8.66. The van der Waals surface area contributed by atoms with Crippen LogP contribution in [0.15, 0.2) is 30.3 Å². The second-order valence-electron chi connectivity index (χ2n) is 6.05. The van der Waals surface area contributed by atoms with Crippen LogP contribution >= 0.6 is 11.3 Å². The molecule has 2 aliphatic rings. The fourth-order valence-electron chi connectivity index (χ4n) is 3.34. The van der Waals surface area contributed by atoms with E-state index in [1.807, 2.05) is 11.8 Å². The number of morpholine rings is 1. The molecule has 0 saturated carbocycles. The predicted octanol–water partition coefficient (Wildman–Crippen LogP) is 3.37. The molecular formula is C18H19NO2S. The second-order valence-corrected chi connectivity index (χ2v) is 7.11. The lowest BCUT2D eigenvalue weighted by Gasteiger charge is -2.30. The highest BCUT2D eigenvalue weighted by Crippen LogP contribution is 2.39. The third kappa shape index (κ3) is 2.36. The van der Waals surface area contributed by atoms with E-state index in [0.29, 0.717) is 19.7 Å². The van der Waals surface area contributed by atoms with Gasteiger partial charge in [-0.2, -0.15) is 0 Å². The summed E-state index contributed by atoms with van der Waals surface area (Å²) in [6.45, 7) is 4.05. The minimum atomic E-state index is 0.132. The van der Waals surface area contributed by atoms with Crippen LogP contribution in [0.25, 0.3) is 10.4 Å². The fourth-order valence-corrected chi connectivity index (χ4v) is 4.57. The Morgan fingerprint density at radius 3 is 2.95 bits per heavy atom. The van der Waals surface area contributed by atoms with Crippen LogP contribution in [0.2, 0.25) is 0 Å². The van der Waals surface area contributed by atoms with Crippen LogP contribution in [0.5, 0.6) is 0 Å². The van der Waals surface area contributed by atoms with Crippen LogP contribution in [-0.2, 0) is 17.6 Å². The third-order valence-corrected chi connectivity index (χ3v) is 5.67. The molecule has 0 bridgehead atoms. The van der Waals surface area contributed by atoms with Gasteiger partial charge in [0, 0.05) is 18.0 Å². The number of carbonyl (C=O) groups is 1. The Morgan fingerprint density at radius 1 is 1.27 bits per heavy atom. The summed E-state index contributed by atoms with van der Waals surface area (Å²) in [6.07, 6.45) is 2.24. The van der Waals surface area contributed by atoms with Crippen molar-refractivity contribution in [2.75, 3.05) is 19.7 Å². The van der Waals surface area contributed by atoms with Crippen molar-refractivity contribution in [2.24, 2.45) is 0 Å². The van der Waals surface area contributed by atoms with Gasteiger partial charge in [0.25, 0.3) is 5.91 Å². The molecule has 1 aromatic heterocycles. The van der Waals surface area contributed by atoms with E-state index < -0.39 is 0 Å². The van der Waals surface area contributed by atoms with Crippen molar-refractivity contribution in [3.05, 3.63) is 46.3 Å². The van der Waals surface area contributed by atoms with Gasteiger partial charge in [-0.05, 0) is 42.5 Å². The number of nitrogens with zero attached hydrogens (tertiary/aromatic N) is 1. The van der Waals surface area contributed by atoms with Crippen LogP contribution in [0.4, 0.5) is 0 Å². The predicted molar refractivity (Wildman–Crippen MR) is 88.5 cm³/mol. The van der Waals surface area contributed by atoms with E-state index in [2.05, 4.69) is 30.3 Å². The topological polar surface area (TPSA) is 29.5 Å². The zero-order valence-corrected chi connectivity index (χ0v) is 13.5. The highest BCUT2D eigenvalue weighted by molar-refractivity contribution is 7.17. The molecule has 0 radical (unpaired) electrons. The third-order valence-electron chi connectivity index (χ3n) is 4.47. The molecule has 2 aromatic rings. The number of aryl methyl sites for hydroxylation is 2. The Kier molecular flexibility index (Phi) is 3.51. The number of benzene rings is 1. The zero-order valence-electron chi connectivity index (χ0n) is 12.7. The SMILES string of the molecule is CC1CN(C(=O)c2cc3c(s2)-c2ccccc2CC3)CCO1. The molecule has 1 atom stereocenters. The minimum absolute atomic E-state index is 0.132. The van der Waals surface area contributed by atoms with Crippen molar-refractivity contribution in [3.63, 3.8) is 0 Å². The van der Waals surface area contributed by atoms with E-state index in [-0.39, 0.29) is 12.0 Å². The van der Waals surface area contributed by atoms with E-state index in [1.54, 1.807) is 11.3 Å². The molecule has 4 rings (SSSR count). The average Bonchev–Trinajstić information content (AvgIpc) is 2.99. The average molecular weight is 313 g/mol. The van der Waals surface area contributed by atoms with Gasteiger partial charge in [0.2, 0.25) is 0 Å². The summed E-state index contributed by atoms with van der Waals surface area (Å²) in [5.41, 5.74) is 4.03. The smallest absolute Gasteiger partial charge is 0.264 e. The van der Waals surface area contributed by atoms with Crippen molar-refractivity contribution in [2.45, 2.75) is 25.9 Å². The number of hydrogen-bond donors (Lipinski definition) is 0. The zero-order chi connectivity index (χ0) is 15.1. The van der Waals surface area contributed by atoms with E-state index in [4.69, 9.17) is 4.74 Å². The molecule has 4 heteroatoms. The lowest BCUT2D eigenvalue weighted by Crippen LogP contribution is -2.44. The van der Waals surface area contributed by atoms with Gasteiger partial charge in [-0.15, -0.1) is 11.3 Å². The van der Waals surface area contributed by atoms with Crippen molar-refractivity contribution >= 4 is 17.2 Å². The summed E-state index contributed by atoms with van der Waals surface area (Å²) in [7, 11) is 0. The molecule has 1 saturated heterocycles. The first kappa shape index (κ1) is 14.0. The molecule has 1 aliphatic heterocycles. The molecular weight excluding hydrogens is 294 g/mol. The Labute approximate surface area is 134 Å². The first-order valence-electron chi connectivity index (χ1n) is 7.84. The van der Waals surface area contributed by atoms with Crippen LogP contribution in [-0.4, -0.2) is 36.6 Å². The van der Waals surface area contributed by atoms with E-state index in [9.17, 15) is 4.79 Å². The Hall–Kier alpha value is -1.65. The van der Waals surface area contributed by atoms with E-state index >= 15 is 0 Å². The minimum Gasteiger partial charge on any atom is -0.375 e. The maximum Gasteiger partial charge on any atom is 0.264 e. The van der Waals surface area contributed by atoms with Gasteiger partial charge in [-0.25, -0.2) is 0 Å². The molecule has 0 N–H and O–H groups in total. The summed E-state index contributed by atoms with van der Waals surface area (Å²) in [4.78, 5) is 16.8. The molecule has 1 aliphatic carbocycles. The standard InChI is InChI=1S/C18H19NO2S/c1-12-11-19(8-9-21-12)18(20)16-10-14-7-6-13-4-2-3-5-15(13)17(14)22-16/h2-5,10,12H,6-9,11H2,1H3. The first-order chi connectivity index (χ1) is 10.7. The largest absolute Gasteiger partial charge is 0.375 e. The normalized spacial score (nSPS) is 20.4. The van der Waals surface area contributed by atoms with Gasteiger partial charge in [-0.3, -0.25) is 4.79 Å². The molecule has 1 amide bonds. The Morgan fingerprint density at radius 2 is 2.09 bits per heavy atom. The number of fused-ring (bicyclic) bond motifs is 3. The molecule has 1 aromatic carbocycles. The molecule has 1 fully saturated rings. The lowest BCUT2D eigenvalue weighted by molar-refractivity contribution is -0.0122. The quantitative estimate of drug-likeness (QED) is 0.808. The molecule has 0 spiro atoms. The number of amides is 1. The Balaban J connectivity index is 1.66. The highest BCUT2D eigenvalue weighted by atomic mass is 32.1.